The second-order valence-corrected chi connectivity index (χ2v) is 9.42. The van der Waals surface area contributed by atoms with Crippen LogP contribution in [0.4, 0.5) is 0 Å². The third kappa shape index (κ3) is 5.65. The van der Waals surface area contributed by atoms with E-state index in [1.54, 1.807) is 36.6 Å². The summed E-state index contributed by atoms with van der Waals surface area (Å²) in [6.45, 7) is 7.49. The lowest BCUT2D eigenvalue weighted by atomic mass is 10.1. The predicted molar refractivity (Wildman–Crippen MR) is 115 cm³/mol. The van der Waals surface area contributed by atoms with Crippen molar-refractivity contribution >= 4 is 21.8 Å². The zero-order valence-corrected chi connectivity index (χ0v) is 18.9. The van der Waals surface area contributed by atoms with Crippen LogP contribution in [0.5, 0.6) is 0 Å². The molecule has 0 radical (unpaired) electrons. The summed E-state index contributed by atoms with van der Waals surface area (Å²) in [5.41, 5.74) is 1.81. The van der Waals surface area contributed by atoms with E-state index in [0.29, 0.717) is 24.4 Å². The van der Waals surface area contributed by atoms with Crippen LogP contribution in [0.15, 0.2) is 41.3 Å². The summed E-state index contributed by atoms with van der Waals surface area (Å²) >= 11 is 0. The lowest BCUT2D eigenvalue weighted by Crippen LogP contribution is -2.45. The van der Waals surface area contributed by atoms with Crippen LogP contribution in [0.2, 0.25) is 0 Å². The number of carbonyl (C=O) groups excluding carboxylic acids is 1. The van der Waals surface area contributed by atoms with Gasteiger partial charge in [0.1, 0.15) is 6.04 Å². The molecule has 2 heterocycles. The standard InChI is InChI=1S/C21H27N5O4S/c1-14(2)19(25-31(28,29)17-9-6-5-7-10-17)20(27)30-12-8-11-18-23-21-22-15(3)13-16(4)26(21)24-18/h5-7,9-10,13-14,19,25H,8,11-12H2,1-4H3. The Kier molecular flexibility index (Phi) is 7.01. The average molecular weight is 446 g/mol. The van der Waals surface area contributed by atoms with Crippen LogP contribution in [-0.2, 0) is 26.0 Å². The van der Waals surface area contributed by atoms with Crippen molar-refractivity contribution in [1.82, 2.24) is 24.3 Å². The minimum atomic E-state index is -3.83. The van der Waals surface area contributed by atoms with Gasteiger partial charge in [-0.1, -0.05) is 32.0 Å². The number of hydrogen-bond donors (Lipinski definition) is 1. The number of sulfonamides is 1. The SMILES string of the molecule is Cc1cc(C)n2nc(CCCOC(=O)C(NS(=O)(=O)c3ccccc3)C(C)C)nc2n1. The Balaban J connectivity index is 1.56. The van der Waals surface area contributed by atoms with Crippen LogP contribution in [0.3, 0.4) is 0 Å². The molecule has 0 saturated heterocycles. The third-order valence-electron chi connectivity index (χ3n) is 4.71. The van der Waals surface area contributed by atoms with Gasteiger partial charge >= 0.3 is 5.97 Å². The van der Waals surface area contributed by atoms with Crippen molar-refractivity contribution < 1.29 is 17.9 Å². The molecule has 0 fully saturated rings. The second kappa shape index (κ2) is 9.52. The number of hydrogen-bond acceptors (Lipinski definition) is 7. The van der Waals surface area contributed by atoms with Gasteiger partial charge in [0.15, 0.2) is 5.82 Å². The highest BCUT2D eigenvalue weighted by Crippen LogP contribution is 2.13. The largest absolute Gasteiger partial charge is 0.464 e. The summed E-state index contributed by atoms with van der Waals surface area (Å²) in [6, 6.07) is 8.88. The quantitative estimate of drug-likeness (QED) is 0.397. The topological polar surface area (TPSA) is 116 Å². The number of nitrogens with one attached hydrogen (secondary N) is 1. The van der Waals surface area contributed by atoms with E-state index in [4.69, 9.17) is 4.74 Å². The van der Waals surface area contributed by atoms with Gasteiger partial charge in [0.2, 0.25) is 10.0 Å². The molecule has 9 nitrogen and oxygen atoms in total. The molecule has 0 spiro atoms. The van der Waals surface area contributed by atoms with Crippen molar-refractivity contribution in [2.45, 2.75) is 51.5 Å². The van der Waals surface area contributed by atoms with Crippen LogP contribution in [0.1, 0.15) is 37.5 Å². The van der Waals surface area contributed by atoms with E-state index < -0.39 is 22.0 Å². The van der Waals surface area contributed by atoms with Crippen LogP contribution in [0, 0.1) is 19.8 Å². The number of aromatic nitrogens is 4. The first kappa shape index (κ1) is 22.8. The maximum absolute atomic E-state index is 12.6. The van der Waals surface area contributed by atoms with Crippen LogP contribution in [-0.4, -0.2) is 46.6 Å². The molecular weight excluding hydrogens is 418 g/mol. The zero-order chi connectivity index (χ0) is 22.6. The van der Waals surface area contributed by atoms with Crippen LogP contribution < -0.4 is 4.72 Å². The summed E-state index contributed by atoms with van der Waals surface area (Å²) in [5.74, 6) is 0.274. The highest BCUT2D eigenvalue weighted by molar-refractivity contribution is 7.89. The molecule has 0 aliphatic carbocycles. The Morgan fingerprint density at radius 2 is 1.87 bits per heavy atom. The Bertz CT molecular complexity index is 1160. The van der Waals surface area contributed by atoms with E-state index in [9.17, 15) is 13.2 Å². The Labute approximate surface area is 181 Å². The maximum Gasteiger partial charge on any atom is 0.324 e. The van der Waals surface area contributed by atoms with Crippen molar-refractivity contribution in [3.05, 3.63) is 53.6 Å². The minimum Gasteiger partial charge on any atom is -0.464 e. The predicted octanol–water partition coefficient (Wildman–Crippen LogP) is 2.22. The average Bonchev–Trinajstić information content (AvgIpc) is 3.13. The molecule has 0 bridgehead atoms. The fourth-order valence-electron chi connectivity index (χ4n) is 3.10. The number of ether oxygens (including phenoxy) is 1. The van der Waals surface area contributed by atoms with Gasteiger partial charge in [-0.05, 0) is 44.4 Å². The van der Waals surface area contributed by atoms with Crippen molar-refractivity contribution in [2.75, 3.05) is 6.61 Å². The van der Waals surface area contributed by atoms with E-state index >= 15 is 0 Å². The number of aryl methyl sites for hydroxylation is 3. The highest BCUT2D eigenvalue weighted by Gasteiger charge is 2.29. The molecule has 3 aromatic rings. The monoisotopic (exact) mass is 445 g/mol. The molecule has 0 amide bonds. The number of nitrogens with zero attached hydrogens (tertiary/aromatic N) is 4. The molecule has 1 N–H and O–H groups in total. The second-order valence-electron chi connectivity index (χ2n) is 7.71. The first-order chi connectivity index (χ1) is 14.7. The van der Waals surface area contributed by atoms with Crippen LogP contribution in [0.25, 0.3) is 5.78 Å². The van der Waals surface area contributed by atoms with E-state index in [-0.39, 0.29) is 17.4 Å². The summed E-state index contributed by atoms with van der Waals surface area (Å²) in [5, 5.41) is 4.43. The summed E-state index contributed by atoms with van der Waals surface area (Å²) in [4.78, 5) is 21.4. The Morgan fingerprint density at radius 1 is 1.16 bits per heavy atom. The smallest absolute Gasteiger partial charge is 0.324 e. The number of rotatable bonds is 9. The van der Waals surface area contributed by atoms with Gasteiger partial charge in [-0.2, -0.15) is 9.71 Å². The van der Waals surface area contributed by atoms with E-state index in [1.165, 1.54) is 12.1 Å². The maximum atomic E-state index is 12.6. The molecule has 1 unspecified atom stereocenters. The summed E-state index contributed by atoms with van der Waals surface area (Å²) in [6.07, 6.45) is 1.02. The molecule has 0 saturated carbocycles. The summed E-state index contributed by atoms with van der Waals surface area (Å²) in [7, 11) is -3.83. The van der Waals surface area contributed by atoms with E-state index in [2.05, 4.69) is 19.8 Å². The number of esters is 1. The van der Waals surface area contributed by atoms with Gasteiger partial charge < -0.3 is 4.74 Å². The van der Waals surface area contributed by atoms with Gasteiger partial charge in [-0.25, -0.2) is 17.9 Å². The molecule has 3 rings (SSSR count). The third-order valence-corrected chi connectivity index (χ3v) is 6.16. The zero-order valence-electron chi connectivity index (χ0n) is 18.1. The minimum absolute atomic E-state index is 0.102. The molecule has 166 valence electrons. The molecule has 1 atom stereocenters. The highest BCUT2D eigenvalue weighted by atomic mass is 32.2. The number of benzene rings is 1. The van der Waals surface area contributed by atoms with Crippen molar-refractivity contribution in [1.29, 1.82) is 0 Å². The van der Waals surface area contributed by atoms with Gasteiger partial charge in [-0.3, -0.25) is 4.79 Å². The molecule has 1 aromatic carbocycles. The fourth-order valence-corrected chi connectivity index (χ4v) is 4.45. The van der Waals surface area contributed by atoms with Crippen molar-refractivity contribution in [2.24, 2.45) is 5.92 Å². The van der Waals surface area contributed by atoms with Crippen molar-refractivity contribution in [3.8, 4) is 0 Å². The molecular formula is C21H27N5O4S. The number of fused-ring (bicyclic) bond motifs is 1. The fraction of sp³-hybridized carbons (Fsp3) is 0.429. The molecule has 2 aromatic heterocycles. The van der Waals surface area contributed by atoms with Gasteiger partial charge in [-0.15, -0.1) is 5.10 Å². The molecule has 0 aliphatic heterocycles. The van der Waals surface area contributed by atoms with E-state index in [0.717, 1.165) is 11.4 Å². The molecule has 10 heteroatoms. The Hall–Kier alpha value is -2.85. The van der Waals surface area contributed by atoms with Crippen molar-refractivity contribution in [3.63, 3.8) is 0 Å². The molecule has 31 heavy (non-hydrogen) atoms. The van der Waals surface area contributed by atoms with E-state index in [1.807, 2.05) is 19.9 Å². The van der Waals surface area contributed by atoms with Gasteiger partial charge in [0.25, 0.3) is 5.78 Å². The molecule has 0 aliphatic rings. The normalized spacial score (nSPS) is 12.9. The first-order valence-corrected chi connectivity index (χ1v) is 11.6. The lowest BCUT2D eigenvalue weighted by molar-refractivity contribution is -0.146. The van der Waals surface area contributed by atoms with Crippen LogP contribution >= 0.6 is 0 Å². The number of carbonyl (C=O) groups is 1. The van der Waals surface area contributed by atoms with Gasteiger partial charge in [0.05, 0.1) is 11.5 Å². The first-order valence-electron chi connectivity index (χ1n) is 10.1. The van der Waals surface area contributed by atoms with Gasteiger partial charge in [0, 0.05) is 17.8 Å². The Morgan fingerprint density at radius 3 is 2.55 bits per heavy atom. The summed E-state index contributed by atoms with van der Waals surface area (Å²) < 4.78 is 34.6. The lowest BCUT2D eigenvalue weighted by Gasteiger charge is -2.20.